The van der Waals surface area contributed by atoms with E-state index in [0.29, 0.717) is 16.9 Å². The molecule has 0 radical (unpaired) electrons. The van der Waals surface area contributed by atoms with Gasteiger partial charge in [0.15, 0.2) is 0 Å². The summed E-state index contributed by atoms with van der Waals surface area (Å²) in [4.78, 5) is 6.94. The molecule has 104 valence electrons. The van der Waals surface area contributed by atoms with Crippen LogP contribution < -0.4 is 0 Å². The lowest BCUT2D eigenvalue weighted by molar-refractivity contribution is 0.621. The summed E-state index contributed by atoms with van der Waals surface area (Å²) in [6, 6.07) is 7.36. The fourth-order valence-corrected chi connectivity index (χ4v) is 3.59. The molecule has 0 unspecified atom stereocenters. The lowest BCUT2D eigenvalue weighted by atomic mass is 10.3. The first-order valence-electron chi connectivity index (χ1n) is 6.04. The lowest BCUT2D eigenvalue weighted by Gasteiger charge is -2.06. The molecule has 2 heterocycles. The summed E-state index contributed by atoms with van der Waals surface area (Å²) in [6.45, 7) is 2.73. The molecule has 2 nitrogen and oxygen atoms in total. The topological polar surface area (TPSA) is 17.8 Å². The number of hydrogen-bond acceptors (Lipinski definition) is 2. The van der Waals surface area contributed by atoms with Gasteiger partial charge in [0.25, 0.3) is 0 Å². The predicted octanol–water partition coefficient (Wildman–Crippen LogP) is 5.09. The average Bonchev–Trinajstić information content (AvgIpc) is 2.96. The van der Waals surface area contributed by atoms with Gasteiger partial charge in [-0.3, -0.25) is 0 Å². The van der Waals surface area contributed by atoms with Gasteiger partial charge < -0.3 is 4.57 Å². The van der Waals surface area contributed by atoms with E-state index in [1.54, 1.807) is 17.4 Å². The van der Waals surface area contributed by atoms with Gasteiger partial charge in [-0.05, 0) is 41.1 Å². The van der Waals surface area contributed by atoms with Gasteiger partial charge in [0.05, 0.1) is 27.9 Å². The van der Waals surface area contributed by atoms with Gasteiger partial charge in [0, 0.05) is 15.8 Å². The molecule has 2 aromatic heterocycles. The van der Waals surface area contributed by atoms with E-state index in [4.69, 9.17) is 11.6 Å². The van der Waals surface area contributed by atoms with Crippen molar-refractivity contribution in [1.82, 2.24) is 9.55 Å². The summed E-state index contributed by atoms with van der Waals surface area (Å²) in [7, 11) is 0. The van der Waals surface area contributed by atoms with Crippen molar-refractivity contribution < 1.29 is 4.39 Å². The minimum absolute atomic E-state index is 0.290. The number of imidazole rings is 1. The maximum Gasteiger partial charge on any atom is 0.139 e. The van der Waals surface area contributed by atoms with Crippen LogP contribution in [0, 0.1) is 12.7 Å². The first kappa shape index (κ1) is 14.0. The molecule has 0 fully saturated rings. The predicted molar refractivity (Wildman–Crippen MR) is 85.1 cm³/mol. The molecule has 0 spiro atoms. The lowest BCUT2D eigenvalue weighted by Crippen LogP contribution is -2.02. The second kappa shape index (κ2) is 5.47. The fourth-order valence-electron chi connectivity index (χ4n) is 2.17. The Labute approximate surface area is 133 Å². The molecule has 0 amide bonds. The molecule has 0 N–H and O–H groups in total. The molecular formula is C14H11BrClFN2S. The number of benzene rings is 1. The largest absolute Gasteiger partial charge is 0.322 e. The molecule has 0 bridgehead atoms. The van der Waals surface area contributed by atoms with Crippen molar-refractivity contribution in [3.05, 3.63) is 50.1 Å². The number of nitrogens with zero attached hydrogens (tertiary/aromatic N) is 2. The van der Waals surface area contributed by atoms with Crippen LogP contribution in [0.5, 0.6) is 0 Å². The summed E-state index contributed by atoms with van der Waals surface area (Å²) < 4.78 is 16.2. The minimum Gasteiger partial charge on any atom is -0.322 e. The number of rotatable bonds is 3. The van der Waals surface area contributed by atoms with Gasteiger partial charge in [-0.1, -0.05) is 0 Å². The molecule has 0 aliphatic heterocycles. The highest BCUT2D eigenvalue weighted by Gasteiger charge is 2.13. The molecule has 20 heavy (non-hydrogen) atoms. The van der Waals surface area contributed by atoms with Crippen LogP contribution in [0.4, 0.5) is 4.39 Å². The number of halogens is 3. The molecule has 3 rings (SSSR count). The molecular weight excluding hydrogens is 363 g/mol. The van der Waals surface area contributed by atoms with Crippen LogP contribution >= 0.6 is 38.9 Å². The van der Waals surface area contributed by atoms with Gasteiger partial charge in [-0.2, -0.15) is 0 Å². The SMILES string of the molecule is Cc1ccc(Cn2c(CCl)nc3cc(Br)c(F)cc32)s1. The molecule has 0 aliphatic carbocycles. The van der Waals surface area contributed by atoms with Gasteiger partial charge in [-0.25, -0.2) is 9.37 Å². The van der Waals surface area contributed by atoms with Crippen LogP contribution in [0.3, 0.4) is 0 Å². The van der Waals surface area contributed by atoms with Crippen LogP contribution in [0.25, 0.3) is 11.0 Å². The van der Waals surface area contributed by atoms with Crippen LogP contribution in [0.1, 0.15) is 15.6 Å². The third-order valence-electron chi connectivity index (χ3n) is 3.10. The number of alkyl halides is 1. The van der Waals surface area contributed by atoms with Crippen molar-refractivity contribution in [2.45, 2.75) is 19.3 Å². The summed E-state index contributed by atoms with van der Waals surface area (Å²) in [5.74, 6) is 0.769. The minimum atomic E-state index is -0.290. The van der Waals surface area contributed by atoms with Crippen molar-refractivity contribution in [2.24, 2.45) is 0 Å². The van der Waals surface area contributed by atoms with Gasteiger partial charge >= 0.3 is 0 Å². The van der Waals surface area contributed by atoms with E-state index in [-0.39, 0.29) is 5.82 Å². The Bertz CT molecular complexity index is 781. The number of hydrogen-bond donors (Lipinski definition) is 0. The Morgan fingerprint density at radius 1 is 1.40 bits per heavy atom. The van der Waals surface area contributed by atoms with Crippen LogP contribution in [-0.4, -0.2) is 9.55 Å². The molecule has 0 saturated carbocycles. The van der Waals surface area contributed by atoms with E-state index in [1.165, 1.54) is 15.8 Å². The number of aryl methyl sites for hydroxylation is 1. The average molecular weight is 374 g/mol. The van der Waals surface area contributed by atoms with E-state index in [2.05, 4.69) is 40.0 Å². The quantitative estimate of drug-likeness (QED) is 0.584. The Hall–Kier alpha value is -0.910. The van der Waals surface area contributed by atoms with E-state index in [0.717, 1.165) is 16.9 Å². The van der Waals surface area contributed by atoms with Crippen molar-refractivity contribution >= 4 is 49.9 Å². The number of fused-ring (bicyclic) bond motifs is 1. The second-order valence-electron chi connectivity index (χ2n) is 4.52. The molecule has 3 aromatic rings. The van der Waals surface area contributed by atoms with E-state index >= 15 is 0 Å². The molecule has 0 aliphatic rings. The van der Waals surface area contributed by atoms with Gasteiger partial charge in [0.1, 0.15) is 11.6 Å². The third kappa shape index (κ3) is 2.50. The van der Waals surface area contributed by atoms with Crippen molar-refractivity contribution in [2.75, 3.05) is 0 Å². The monoisotopic (exact) mass is 372 g/mol. The highest BCUT2D eigenvalue weighted by molar-refractivity contribution is 9.10. The summed E-state index contributed by atoms with van der Waals surface area (Å²) in [5.41, 5.74) is 1.52. The highest BCUT2D eigenvalue weighted by atomic mass is 79.9. The molecule has 0 saturated heterocycles. The van der Waals surface area contributed by atoms with Crippen molar-refractivity contribution in [1.29, 1.82) is 0 Å². The third-order valence-corrected chi connectivity index (χ3v) is 4.93. The van der Waals surface area contributed by atoms with Crippen molar-refractivity contribution in [3.8, 4) is 0 Å². The molecule has 6 heteroatoms. The zero-order valence-electron chi connectivity index (χ0n) is 10.7. The summed E-state index contributed by atoms with van der Waals surface area (Å²) in [5, 5.41) is 0. The van der Waals surface area contributed by atoms with Crippen LogP contribution in [0.15, 0.2) is 28.7 Å². The second-order valence-corrected chi connectivity index (χ2v) is 7.01. The zero-order chi connectivity index (χ0) is 14.3. The Kier molecular flexibility index (Phi) is 3.84. The fraction of sp³-hybridized carbons (Fsp3) is 0.214. The van der Waals surface area contributed by atoms with Crippen LogP contribution in [-0.2, 0) is 12.4 Å². The van der Waals surface area contributed by atoms with Gasteiger partial charge in [-0.15, -0.1) is 22.9 Å². The Morgan fingerprint density at radius 3 is 2.85 bits per heavy atom. The number of aromatic nitrogens is 2. The van der Waals surface area contributed by atoms with Crippen LogP contribution in [0.2, 0.25) is 0 Å². The summed E-state index contributed by atoms with van der Waals surface area (Å²) >= 11 is 10.9. The maximum atomic E-state index is 13.8. The molecule has 1 aromatic carbocycles. The normalized spacial score (nSPS) is 11.4. The summed E-state index contributed by atoms with van der Waals surface area (Å²) in [6.07, 6.45) is 0. The highest BCUT2D eigenvalue weighted by Crippen LogP contribution is 2.26. The van der Waals surface area contributed by atoms with E-state index in [1.807, 2.05) is 4.57 Å². The zero-order valence-corrected chi connectivity index (χ0v) is 13.8. The van der Waals surface area contributed by atoms with Gasteiger partial charge in [0.2, 0.25) is 0 Å². The first-order chi connectivity index (χ1) is 9.58. The maximum absolute atomic E-state index is 13.8. The standard InChI is InChI=1S/C14H11BrClFN2S/c1-8-2-3-9(20-8)7-19-13-5-11(17)10(15)4-12(13)18-14(19)6-16/h2-5H,6-7H2,1H3. The van der Waals surface area contributed by atoms with E-state index in [9.17, 15) is 4.39 Å². The Balaban J connectivity index is 2.14. The molecule has 0 atom stereocenters. The van der Waals surface area contributed by atoms with E-state index < -0.39 is 0 Å². The smallest absolute Gasteiger partial charge is 0.139 e. The Morgan fingerprint density at radius 2 is 2.20 bits per heavy atom. The number of thiophene rings is 1. The first-order valence-corrected chi connectivity index (χ1v) is 8.18. The van der Waals surface area contributed by atoms with Crippen molar-refractivity contribution in [3.63, 3.8) is 0 Å².